The van der Waals surface area contributed by atoms with Crippen LogP contribution in [0.15, 0.2) is 65.2 Å². The molecule has 13 heteroatoms. The van der Waals surface area contributed by atoms with Gasteiger partial charge in [0.25, 0.3) is 10.1 Å². The van der Waals surface area contributed by atoms with Crippen molar-refractivity contribution in [1.82, 2.24) is 0 Å². The summed E-state index contributed by atoms with van der Waals surface area (Å²) < 4.78 is 69.7. The summed E-state index contributed by atoms with van der Waals surface area (Å²) >= 11 is 2.02. The average Bonchev–Trinajstić information content (AvgIpc) is 3.21. The van der Waals surface area contributed by atoms with Gasteiger partial charge in [-0.3, -0.25) is 9.35 Å². The summed E-state index contributed by atoms with van der Waals surface area (Å²) in [7, 11) is -6.86. The van der Waals surface area contributed by atoms with Crippen LogP contribution in [0.4, 0.5) is 17.1 Å². The molecule has 2 N–H and O–H groups in total. The number of benzene rings is 2. The summed E-state index contributed by atoms with van der Waals surface area (Å²) in [6.07, 6.45) is 5.90. The van der Waals surface area contributed by atoms with Crippen molar-refractivity contribution in [2.24, 2.45) is 0 Å². The lowest BCUT2D eigenvalue weighted by molar-refractivity contribution is -0.401. The van der Waals surface area contributed by atoms with Gasteiger partial charge in [-0.25, -0.2) is 8.42 Å². The first-order valence-electron chi connectivity index (χ1n) is 13.2. The molecular weight excluding hydrogens is 693 g/mol. The van der Waals surface area contributed by atoms with Crippen molar-refractivity contribution < 1.29 is 35.3 Å². The Kier molecular flexibility index (Phi) is 8.84. The number of amides is 1. The molecule has 2 heterocycles. The number of hydrogen-bond donors (Lipinski definition) is 2. The normalized spacial score (nSPS) is 18.6. The van der Waals surface area contributed by atoms with E-state index in [0.717, 1.165) is 28.3 Å². The Labute approximate surface area is 260 Å². The van der Waals surface area contributed by atoms with Crippen LogP contribution in [0.3, 0.4) is 0 Å². The molecule has 2 aromatic rings. The van der Waals surface area contributed by atoms with Crippen molar-refractivity contribution in [2.45, 2.75) is 49.8 Å². The van der Waals surface area contributed by atoms with Crippen LogP contribution >= 0.6 is 22.6 Å². The van der Waals surface area contributed by atoms with Gasteiger partial charge in [-0.1, -0.05) is 42.5 Å². The maximum atomic E-state index is 11.9. The molecule has 42 heavy (non-hydrogen) atoms. The van der Waals surface area contributed by atoms with Gasteiger partial charge in [0.2, 0.25) is 11.6 Å². The Morgan fingerprint density at radius 2 is 1.76 bits per heavy atom. The van der Waals surface area contributed by atoms with Gasteiger partial charge in [0.15, 0.2) is 5.71 Å². The van der Waals surface area contributed by atoms with Crippen LogP contribution in [-0.4, -0.2) is 65.9 Å². The Morgan fingerprint density at radius 1 is 1.07 bits per heavy atom. The minimum absolute atomic E-state index is 0.0725. The van der Waals surface area contributed by atoms with Gasteiger partial charge in [-0.05, 0) is 62.2 Å². The molecule has 0 fully saturated rings. The van der Waals surface area contributed by atoms with Crippen LogP contribution in [0, 0.1) is 0 Å². The molecule has 0 aromatic heterocycles. The monoisotopic (exact) mass is 727 g/mol. The third kappa shape index (κ3) is 6.34. The molecule has 0 radical (unpaired) electrons. The van der Waals surface area contributed by atoms with Crippen molar-refractivity contribution in [3.8, 4) is 0 Å². The number of nitrogens with one attached hydrogen (secondary N) is 1. The molecule has 0 saturated carbocycles. The summed E-state index contributed by atoms with van der Waals surface area (Å²) in [5, 5.41) is 2.91. The third-order valence-electron chi connectivity index (χ3n) is 7.88. The van der Waals surface area contributed by atoms with Crippen LogP contribution in [0.1, 0.15) is 45.2 Å². The Balaban J connectivity index is 1.72. The molecule has 2 aromatic carbocycles. The van der Waals surface area contributed by atoms with E-state index in [1.807, 2.05) is 84.8 Å². The first kappa shape index (κ1) is 32.3. The zero-order chi connectivity index (χ0) is 31.3. The van der Waals surface area contributed by atoms with E-state index >= 15 is 0 Å². The number of nitrogens with zero attached hydrogens (tertiary/aromatic N) is 2. The van der Waals surface area contributed by atoms with Crippen LogP contribution in [0.5, 0.6) is 0 Å². The number of carbonyl (C=O) groups is 1. The number of carbonyl (C=O) groups excluding carboxylic acids is 1. The number of halogens is 1. The largest absolute Gasteiger partial charge is 0.748 e. The van der Waals surface area contributed by atoms with Crippen molar-refractivity contribution in [1.29, 1.82) is 0 Å². The number of rotatable bonds is 9. The second-order valence-electron chi connectivity index (χ2n) is 11.4. The van der Waals surface area contributed by atoms with Gasteiger partial charge in [-0.15, -0.1) is 0 Å². The van der Waals surface area contributed by atoms with Crippen molar-refractivity contribution >= 4 is 71.5 Å². The van der Waals surface area contributed by atoms with E-state index in [9.17, 15) is 30.7 Å². The van der Waals surface area contributed by atoms with Gasteiger partial charge in [-0.2, -0.15) is 13.0 Å². The molecule has 0 saturated heterocycles. The van der Waals surface area contributed by atoms with Crippen molar-refractivity contribution in [2.75, 3.05) is 34.0 Å². The van der Waals surface area contributed by atoms with Gasteiger partial charge in [0, 0.05) is 52.5 Å². The van der Waals surface area contributed by atoms with Crippen molar-refractivity contribution in [3.05, 3.63) is 71.5 Å². The quantitative estimate of drug-likeness (QED) is 0.166. The molecule has 0 atom stereocenters. The topological polar surface area (TPSA) is 147 Å². The van der Waals surface area contributed by atoms with E-state index in [0.29, 0.717) is 15.7 Å². The molecule has 0 bridgehead atoms. The van der Waals surface area contributed by atoms with Crippen LogP contribution in [0.25, 0.3) is 0 Å². The molecule has 2 aliphatic rings. The average molecular weight is 728 g/mol. The fourth-order valence-corrected chi connectivity index (χ4v) is 6.97. The number of fused-ring (bicyclic) bond motifs is 2. The first-order valence-corrected chi connectivity index (χ1v) is 17.8. The highest BCUT2D eigenvalue weighted by atomic mass is 127. The second kappa shape index (κ2) is 11.5. The van der Waals surface area contributed by atoms with Gasteiger partial charge >= 0.3 is 0 Å². The molecule has 226 valence electrons. The smallest absolute Gasteiger partial charge is 0.294 e. The minimum Gasteiger partial charge on any atom is -0.748 e. The zero-order valence-corrected chi connectivity index (χ0v) is 27.8. The minimum atomic E-state index is -4.44. The fraction of sp³-hybridized carbons (Fsp3) is 0.379. The SMILES string of the molecule is C[N+]1=C(/C=C/C=C2\N(CCCS(=O)(=O)[O-])c3ccc(S(=O)(=O)O)cc3C2(C)C)C(C)(C)c2cc(NC(=O)CI)ccc21. The van der Waals surface area contributed by atoms with Crippen molar-refractivity contribution in [3.63, 3.8) is 0 Å². The number of alkyl halides is 1. The Hall–Kier alpha value is -2.59. The highest BCUT2D eigenvalue weighted by Gasteiger charge is 2.44. The molecule has 0 unspecified atom stereocenters. The highest BCUT2D eigenvalue weighted by molar-refractivity contribution is 14.1. The molecule has 1 amide bonds. The van der Waals surface area contributed by atoms with E-state index in [4.69, 9.17) is 0 Å². The van der Waals surface area contributed by atoms with Gasteiger partial charge in [0.1, 0.15) is 7.05 Å². The zero-order valence-electron chi connectivity index (χ0n) is 24.0. The molecular formula is C29H34IN3O7S2. The maximum Gasteiger partial charge on any atom is 0.294 e. The van der Waals surface area contributed by atoms with E-state index in [2.05, 4.69) is 23.7 Å². The summed E-state index contributed by atoms with van der Waals surface area (Å²) in [6.45, 7) is 8.28. The molecule has 2 aliphatic heterocycles. The van der Waals surface area contributed by atoms with Crippen LogP contribution in [-0.2, 0) is 35.9 Å². The second-order valence-corrected chi connectivity index (χ2v) is 15.1. The van der Waals surface area contributed by atoms with Gasteiger partial charge in [0.05, 0.1) is 24.9 Å². The predicted molar refractivity (Wildman–Crippen MR) is 171 cm³/mol. The maximum absolute atomic E-state index is 11.9. The fourth-order valence-electron chi connectivity index (χ4n) is 5.79. The Bertz CT molecular complexity index is 1760. The standard InChI is InChI=1S/C29H34IN3O7S2/c1-28(2)21-16-19(31-27(34)18-30)10-12-23(21)32(5)25(28)8-6-9-26-29(3,4)22-17-20(42(38,39)40)11-13-24(22)33(26)14-7-15-41(35,36)37/h6,8-13,16-17H,7,14-15,18H2,1-5H3,(H2-,31,34,35,36,37,38,39,40). The lowest BCUT2D eigenvalue weighted by atomic mass is 9.81. The lowest BCUT2D eigenvalue weighted by Crippen LogP contribution is -2.28. The molecule has 0 spiro atoms. The van der Waals surface area contributed by atoms with E-state index < -0.39 is 31.4 Å². The number of hydrogen-bond acceptors (Lipinski definition) is 7. The first-order chi connectivity index (χ1) is 19.4. The summed E-state index contributed by atoms with van der Waals surface area (Å²) in [4.78, 5) is 13.6. The summed E-state index contributed by atoms with van der Waals surface area (Å²) in [5.41, 5.74) is 4.86. The number of anilines is 2. The van der Waals surface area contributed by atoms with Gasteiger partial charge < -0.3 is 14.8 Å². The van der Waals surface area contributed by atoms with Crippen LogP contribution in [0.2, 0.25) is 0 Å². The van der Waals surface area contributed by atoms with E-state index in [1.54, 1.807) is 6.07 Å². The molecule has 0 aliphatic carbocycles. The highest BCUT2D eigenvalue weighted by Crippen LogP contribution is 2.48. The third-order valence-corrected chi connectivity index (χ3v) is 10.2. The van der Waals surface area contributed by atoms with E-state index in [1.165, 1.54) is 12.1 Å². The summed E-state index contributed by atoms with van der Waals surface area (Å²) in [5.74, 6) is -0.599. The summed E-state index contributed by atoms with van der Waals surface area (Å²) in [6, 6.07) is 10.2. The van der Waals surface area contributed by atoms with Crippen LogP contribution < -0.4 is 10.2 Å². The number of allylic oxidation sites excluding steroid dienone is 4. The molecule has 4 rings (SSSR count). The van der Waals surface area contributed by atoms with E-state index in [-0.39, 0.29) is 29.2 Å². The molecule has 10 nitrogen and oxygen atoms in total. The lowest BCUT2D eigenvalue weighted by Gasteiger charge is -2.27. The Morgan fingerprint density at radius 3 is 2.38 bits per heavy atom. The predicted octanol–water partition coefficient (Wildman–Crippen LogP) is 4.49.